The van der Waals surface area contributed by atoms with E-state index >= 15 is 0 Å². The van der Waals surface area contributed by atoms with Crippen molar-refractivity contribution in [3.8, 4) is 0 Å². The maximum atomic E-state index is 2.45. The minimum absolute atomic E-state index is 1.13. The predicted octanol–water partition coefficient (Wildman–Crippen LogP) is 5.12. The van der Waals surface area contributed by atoms with Crippen LogP contribution in [0.15, 0.2) is 54.7 Å². The maximum Gasteiger partial charge on any atom is 0.181 e. The molecule has 0 aliphatic carbocycles. The summed E-state index contributed by atoms with van der Waals surface area (Å²) in [6, 6.07) is 17.4. The second kappa shape index (κ2) is 10.2. The van der Waals surface area contributed by atoms with Crippen LogP contribution in [-0.4, -0.2) is 0 Å². The first kappa shape index (κ1) is 16.7. The van der Waals surface area contributed by atoms with Crippen LogP contribution in [0.2, 0.25) is 0 Å². The number of hydrogen-bond acceptors (Lipinski definition) is 0. The summed E-state index contributed by atoms with van der Waals surface area (Å²) in [5.41, 5.74) is 2.94. The van der Waals surface area contributed by atoms with Crippen molar-refractivity contribution >= 4 is 0 Å². The molecule has 0 amide bonds. The van der Waals surface area contributed by atoms with Gasteiger partial charge in [-0.25, -0.2) is 4.57 Å². The van der Waals surface area contributed by atoms with Gasteiger partial charge >= 0.3 is 0 Å². The van der Waals surface area contributed by atoms with Crippen LogP contribution in [0.3, 0.4) is 0 Å². The summed E-state index contributed by atoms with van der Waals surface area (Å²) in [5, 5.41) is 0. The summed E-state index contributed by atoms with van der Waals surface area (Å²) >= 11 is 0. The molecular weight excluding hydrogens is 266 g/mol. The van der Waals surface area contributed by atoms with E-state index in [-0.39, 0.29) is 0 Å². The summed E-state index contributed by atoms with van der Waals surface area (Å²) in [6.45, 7) is 3.40. The fraction of sp³-hybridized carbons (Fsp3) is 0.476. The fourth-order valence-corrected chi connectivity index (χ4v) is 2.96. The molecule has 2 aromatic rings. The van der Waals surface area contributed by atoms with Crippen molar-refractivity contribution in [2.45, 2.75) is 64.8 Å². The molecule has 0 bridgehead atoms. The molecule has 0 saturated heterocycles. The summed E-state index contributed by atoms with van der Waals surface area (Å²) < 4.78 is 2.45. The van der Waals surface area contributed by atoms with Crippen LogP contribution in [0.5, 0.6) is 0 Å². The van der Waals surface area contributed by atoms with Crippen molar-refractivity contribution < 1.29 is 4.57 Å². The van der Waals surface area contributed by atoms with Crippen molar-refractivity contribution in [3.63, 3.8) is 0 Å². The minimum atomic E-state index is 1.13. The first-order chi connectivity index (χ1) is 10.9. The molecule has 0 unspecified atom stereocenters. The predicted molar refractivity (Wildman–Crippen MR) is 93.9 cm³/mol. The molecule has 118 valence electrons. The van der Waals surface area contributed by atoms with Crippen molar-refractivity contribution in [2.75, 3.05) is 0 Å². The first-order valence-electron chi connectivity index (χ1n) is 8.91. The molecule has 0 N–H and O–H groups in total. The molecular formula is C21H30N+. The standard InChI is InChI=1S/C21H30N/c1-2-3-4-5-9-16-21-17-10-11-18-22(21)19-12-15-20-13-7-6-8-14-20/h6-8,10-11,13-14,17-18H,2-5,9,12,15-16,19H2,1H3/q+1. The van der Waals surface area contributed by atoms with Crippen LogP contribution < -0.4 is 4.57 Å². The lowest BCUT2D eigenvalue weighted by Crippen LogP contribution is -2.38. The molecule has 0 spiro atoms. The van der Waals surface area contributed by atoms with E-state index in [2.05, 4.69) is 66.2 Å². The SMILES string of the molecule is CCCCCCCc1cccc[n+]1CCCc1ccccc1. The van der Waals surface area contributed by atoms with Gasteiger partial charge in [0.25, 0.3) is 0 Å². The van der Waals surface area contributed by atoms with Crippen molar-refractivity contribution in [1.82, 2.24) is 0 Å². The van der Waals surface area contributed by atoms with Gasteiger partial charge < -0.3 is 0 Å². The van der Waals surface area contributed by atoms with Crippen LogP contribution in [0, 0.1) is 0 Å². The topological polar surface area (TPSA) is 3.88 Å². The van der Waals surface area contributed by atoms with Gasteiger partial charge in [-0.15, -0.1) is 0 Å². The second-order valence-corrected chi connectivity index (χ2v) is 6.14. The van der Waals surface area contributed by atoms with Crippen LogP contribution in [0.4, 0.5) is 0 Å². The quantitative estimate of drug-likeness (QED) is 0.423. The molecule has 1 aromatic carbocycles. The van der Waals surface area contributed by atoms with Gasteiger partial charge in [-0.05, 0) is 18.4 Å². The molecule has 2 rings (SSSR count). The van der Waals surface area contributed by atoms with Gasteiger partial charge in [-0.3, -0.25) is 0 Å². The van der Waals surface area contributed by atoms with E-state index in [1.807, 2.05) is 0 Å². The normalized spacial score (nSPS) is 10.8. The Morgan fingerprint density at radius 3 is 2.32 bits per heavy atom. The van der Waals surface area contributed by atoms with Crippen molar-refractivity contribution in [1.29, 1.82) is 0 Å². The second-order valence-electron chi connectivity index (χ2n) is 6.14. The van der Waals surface area contributed by atoms with Crippen LogP contribution in [-0.2, 0) is 19.4 Å². The summed E-state index contributed by atoms with van der Waals surface area (Å²) in [5.74, 6) is 0. The third-order valence-corrected chi connectivity index (χ3v) is 4.28. The molecule has 0 radical (unpaired) electrons. The molecule has 0 fully saturated rings. The Balaban J connectivity index is 1.78. The third kappa shape index (κ3) is 6.01. The van der Waals surface area contributed by atoms with Crippen LogP contribution in [0.25, 0.3) is 0 Å². The Morgan fingerprint density at radius 1 is 0.727 bits per heavy atom. The Labute approximate surface area is 136 Å². The summed E-state index contributed by atoms with van der Waals surface area (Å²) in [4.78, 5) is 0. The average Bonchev–Trinajstić information content (AvgIpc) is 2.57. The number of rotatable bonds is 10. The van der Waals surface area contributed by atoms with Gasteiger partial charge in [-0.2, -0.15) is 0 Å². The number of nitrogens with zero attached hydrogens (tertiary/aromatic N) is 1. The Hall–Kier alpha value is -1.63. The zero-order chi connectivity index (χ0) is 15.5. The van der Waals surface area contributed by atoms with E-state index in [1.165, 1.54) is 62.6 Å². The highest BCUT2D eigenvalue weighted by molar-refractivity contribution is 5.14. The molecule has 22 heavy (non-hydrogen) atoms. The largest absolute Gasteiger partial charge is 0.202 e. The van der Waals surface area contributed by atoms with E-state index in [1.54, 1.807) is 0 Å². The van der Waals surface area contributed by atoms with Gasteiger partial charge in [0.05, 0.1) is 0 Å². The lowest BCUT2D eigenvalue weighted by atomic mass is 10.1. The molecule has 1 heteroatoms. The van der Waals surface area contributed by atoms with Crippen molar-refractivity contribution in [2.24, 2.45) is 0 Å². The molecule has 0 atom stereocenters. The van der Waals surface area contributed by atoms with Gasteiger partial charge in [0.2, 0.25) is 0 Å². The van der Waals surface area contributed by atoms with E-state index in [0.717, 1.165) is 6.54 Å². The number of aryl methyl sites for hydroxylation is 3. The van der Waals surface area contributed by atoms with E-state index in [9.17, 15) is 0 Å². The Morgan fingerprint density at radius 2 is 1.50 bits per heavy atom. The monoisotopic (exact) mass is 296 g/mol. The van der Waals surface area contributed by atoms with Crippen molar-refractivity contribution in [3.05, 3.63) is 66.0 Å². The van der Waals surface area contributed by atoms with Gasteiger partial charge in [-0.1, -0.05) is 69.0 Å². The zero-order valence-electron chi connectivity index (χ0n) is 14.0. The number of aromatic nitrogens is 1. The fourth-order valence-electron chi connectivity index (χ4n) is 2.96. The molecule has 1 nitrogen and oxygen atoms in total. The highest BCUT2D eigenvalue weighted by Crippen LogP contribution is 2.07. The lowest BCUT2D eigenvalue weighted by molar-refractivity contribution is -0.704. The number of benzene rings is 1. The first-order valence-corrected chi connectivity index (χ1v) is 8.91. The van der Waals surface area contributed by atoms with Gasteiger partial charge in [0.15, 0.2) is 11.9 Å². The summed E-state index contributed by atoms with van der Waals surface area (Å²) in [7, 11) is 0. The van der Waals surface area contributed by atoms with Crippen LogP contribution >= 0.6 is 0 Å². The highest BCUT2D eigenvalue weighted by Gasteiger charge is 2.08. The summed E-state index contributed by atoms with van der Waals surface area (Å²) in [6.07, 6.45) is 12.6. The zero-order valence-corrected chi connectivity index (χ0v) is 14.0. The number of unbranched alkanes of at least 4 members (excludes halogenated alkanes) is 4. The average molecular weight is 296 g/mol. The van der Waals surface area contributed by atoms with E-state index < -0.39 is 0 Å². The lowest BCUT2D eigenvalue weighted by Gasteiger charge is -2.05. The molecule has 0 saturated carbocycles. The van der Waals surface area contributed by atoms with E-state index in [4.69, 9.17) is 0 Å². The Bertz CT molecular complexity index is 518. The molecule has 0 aliphatic rings. The maximum absolute atomic E-state index is 2.45. The van der Waals surface area contributed by atoms with Gasteiger partial charge in [0.1, 0.15) is 6.54 Å². The number of pyridine rings is 1. The molecule has 1 heterocycles. The highest BCUT2D eigenvalue weighted by atomic mass is 14.9. The Kier molecular flexibility index (Phi) is 7.73. The minimum Gasteiger partial charge on any atom is -0.202 e. The van der Waals surface area contributed by atoms with Crippen LogP contribution in [0.1, 0.15) is 56.7 Å². The smallest absolute Gasteiger partial charge is 0.181 e. The van der Waals surface area contributed by atoms with Gasteiger partial charge in [0, 0.05) is 25.0 Å². The molecule has 0 aliphatic heterocycles. The molecule has 1 aromatic heterocycles. The third-order valence-electron chi connectivity index (χ3n) is 4.28. The van der Waals surface area contributed by atoms with E-state index in [0.29, 0.717) is 0 Å². The number of hydrogen-bond donors (Lipinski definition) is 0.